The summed E-state index contributed by atoms with van der Waals surface area (Å²) in [5.41, 5.74) is 11.4. The molecule has 0 unspecified atom stereocenters. The van der Waals surface area contributed by atoms with Crippen molar-refractivity contribution in [3.63, 3.8) is 0 Å². The minimum Gasteiger partial charge on any atom is -0.318 e. The first-order valence-electron chi connectivity index (χ1n) is 10.1. The van der Waals surface area contributed by atoms with Crippen LogP contribution < -0.4 is 10.7 Å². The van der Waals surface area contributed by atoms with Gasteiger partial charge in [0.2, 0.25) is 0 Å². The van der Waals surface area contributed by atoms with E-state index in [9.17, 15) is 9.59 Å². The Bertz CT molecular complexity index is 1170. The fourth-order valence-corrected chi connectivity index (χ4v) is 3.63. The highest BCUT2D eigenvalue weighted by Gasteiger charge is 2.14. The summed E-state index contributed by atoms with van der Waals surface area (Å²) in [7, 11) is 0. The van der Waals surface area contributed by atoms with E-state index in [1.807, 2.05) is 52.0 Å². The number of rotatable bonds is 4. The summed E-state index contributed by atoms with van der Waals surface area (Å²) < 4.78 is 2.14. The zero-order chi connectivity index (χ0) is 22.7. The van der Waals surface area contributed by atoms with E-state index in [0.29, 0.717) is 5.69 Å². The highest BCUT2D eigenvalue weighted by Crippen LogP contribution is 2.22. The number of anilines is 1. The highest BCUT2D eigenvalue weighted by molar-refractivity contribution is 6.39. The van der Waals surface area contributed by atoms with Gasteiger partial charge in [-0.05, 0) is 94.1 Å². The molecule has 0 saturated carbocycles. The molecule has 1 heterocycles. The zero-order valence-electron chi connectivity index (χ0n) is 18.8. The van der Waals surface area contributed by atoms with Gasteiger partial charge in [-0.1, -0.05) is 12.1 Å². The number of hydrogen-bond donors (Lipinski definition) is 2. The highest BCUT2D eigenvalue weighted by atomic mass is 16.2. The van der Waals surface area contributed by atoms with Gasteiger partial charge in [0.1, 0.15) is 0 Å². The van der Waals surface area contributed by atoms with Crippen molar-refractivity contribution >= 4 is 23.7 Å². The van der Waals surface area contributed by atoms with Crippen molar-refractivity contribution in [3.8, 4) is 5.69 Å². The van der Waals surface area contributed by atoms with Crippen molar-refractivity contribution in [2.24, 2.45) is 5.10 Å². The lowest BCUT2D eigenvalue weighted by molar-refractivity contribution is -0.136. The van der Waals surface area contributed by atoms with Crippen LogP contribution in [-0.4, -0.2) is 22.6 Å². The van der Waals surface area contributed by atoms with Crippen LogP contribution >= 0.6 is 0 Å². The summed E-state index contributed by atoms with van der Waals surface area (Å²) in [4.78, 5) is 24.3. The summed E-state index contributed by atoms with van der Waals surface area (Å²) in [5, 5.41) is 6.58. The average molecular weight is 417 g/mol. The van der Waals surface area contributed by atoms with Gasteiger partial charge in [0.25, 0.3) is 0 Å². The molecule has 3 rings (SSSR count). The number of nitrogens with one attached hydrogen (secondary N) is 2. The van der Waals surface area contributed by atoms with Crippen LogP contribution in [0, 0.1) is 41.5 Å². The molecule has 0 fully saturated rings. The molecular formula is C25H28N4O2. The van der Waals surface area contributed by atoms with Crippen molar-refractivity contribution in [3.05, 3.63) is 81.7 Å². The van der Waals surface area contributed by atoms with Crippen LogP contribution in [0.2, 0.25) is 0 Å². The number of hydrogen-bond acceptors (Lipinski definition) is 3. The Morgan fingerprint density at radius 1 is 0.839 bits per heavy atom. The maximum absolute atomic E-state index is 12.1. The Hall–Kier alpha value is -3.67. The van der Waals surface area contributed by atoms with Crippen LogP contribution in [0.15, 0.2) is 47.6 Å². The Morgan fingerprint density at radius 3 is 2.16 bits per heavy atom. The van der Waals surface area contributed by atoms with Crippen LogP contribution in [0.25, 0.3) is 5.69 Å². The third kappa shape index (κ3) is 5.09. The summed E-state index contributed by atoms with van der Waals surface area (Å²) in [6.07, 6.45) is 1.56. The minimum atomic E-state index is -0.821. The molecule has 2 N–H and O–H groups in total. The van der Waals surface area contributed by atoms with E-state index in [4.69, 9.17) is 0 Å². The van der Waals surface area contributed by atoms with Crippen LogP contribution in [0.4, 0.5) is 5.69 Å². The van der Waals surface area contributed by atoms with Gasteiger partial charge in [-0.25, -0.2) is 5.43 Å². The van der Waals surface area contributed by atoms with E-state index in [-0.39, 0.29) is 0 Å². The Kier molecular flexibility index (Phi) is 6.39. The Balaban J connectivity index is 1.70. The fourth-order valence-electron chi connectivity index (χ4n) is 3.63. The number of nitrogens with zero attached hydrogens (tertiary/aromatic N) is 2. The standard InChI is InChI=1S/C25H28N4O2/c1-15-9-16(2)11-22(10-15)27-24(30)25(31)28-26-14-21-13-19(5)29(20(21)6)23-8-7-17(3)18(4)12-23/h7-14H,1-6H3,(H,27,30)(H,28,31)/b26-14-. The predicted octanol–water partition coefficient (Wildman–Crippen LogP) is 4.42. The van der Waals surface area contributed by atoms with Gasteiger partial charge < -0.3 is 9.88 Å². The molecule has 160 valence electrons. The molecule has 0 aliphatic heterocycles. The van der Waals surface area contributed by atoms with Crippen molar-refractivity contribution in [2.45, 2.75) is 41.5 Å². The van der Waals surface area contributed by atoms with Crippen LogP contribution in [0.3, 0.4) is 0 Å². The smallest absolute Gasteiger partial charge is 0.318 e. The normalized spacial score (nSPS) is 11.0. The molecule has 6 heteroatoms. The monoisotopic (exact) mass is 416 g/mol. The maximum Gasteiger partial charge on any atom is 0.329 e. The van der Waals surface area contributed by atoms with E-state index in [1.54, 1.807) is 6.21 Å². The van der Waals surface area contributed by atoms with E-state index in [2.05, 4.69) is 52.5 Å². The average Bonchev–Trinajstić information content (AvgIpc) is 2.96. The Labute approximate surface area is 183 Å². The lowest BCUT2D eigenvalue weighted by Gasteiger charge is -2.11. The molecule has 2 aromatic carbocycles. The second-order valence-electron chi connectivity index (χ2n) is 7.96. The van der Waals surface area contributed by atoms with Gasteiger partial charge in [-0.15, -0.1) is 0 Å². The van der Waals surface area contributed by atoms with Crippen LogP contribution in [-0.2, 0) is 9.59 Å². The van der Waals surface area contributed by atoms with Gasteiger partial charge >= 0.3 is 11.8 Å². The SMILES string of the molecule is Cc1cc(C)cc(NC(=O)C(=O)N/N=C\c2cc(C)n(-c3ccc(C)c(C)c3)c2C)c1. The fraction of sp³-hybridized carbons (Fsp3) is 0.240. The molecule has 2 amide bonds. The summed E-state index contributed by atoms with van der Waals surface area (Å²) in [6.45, 7) is 12.1. The van der Waals surface area contributed by atoms with Crippen molar-refractivity contribution in [1.29, 1.82) is 0 Å². The quantitative estimate of drug-likeness (QED) is 0.375. The largest absolute Gasteiger partial charge is 0.329 e. The number of carbonyl (C=O) groups is 2. The molecule has 0 aliphatic rings. The summed E-state index contributed by atoms with van der Waals surface area (Å²) in [5.74, 6) is -1.58. The topological polar surface area (TPSA) is 75.5 Å². The van der Waals surface area contributed by atoms with E-state index < -0.39 is 11.8 Å². The molecule has 0 radical (unpaired) electrons. The summed E-state index contributed by atoms with van der Waals surface area (Å²) in [6, 6.07) is 13.9. The molecule has 0 spiro atoms. The molecular weight excluding hydrogens is 388 g/mol. The molecule has 3 aromatic rings. The number of hydrazone groups is 1. The van der Waals surface area contributed by atoms with Crippen molar-refractivity contribution in [2.75, 3.05) is 5.32 Å². The molecule has 0 saturated heterocycles. The lowest BCUT2D eigenvalue weighted by Crippen LogP contribution is -2.32. The molecule has 0 aliphatic carbocycles. The predicted molar refractivity (Wildman–Crippen MR) is 125 cm³/mol. The van der Waals surface area contributed by atoms with Gasteiger partial charge in [0.15, 0.2) is 0 Å². The first kappa shape index (κ1) is 22.0. The molecule has 6 nitrogen and oxygen atoms in total. The first-order chi connectivity index (χ1) is 14.7. The molecule has 31 heavy (non-hydrogen) atoms. The Morgan fingerprint density at radius 2 is 1.52 bits per heavy atom. The van der Waals surface area contributed by atoms with E-state index in [0.717, 1.165) is 33.8 Å². The first-order valence-corrected chi connectivity index (χ1v) is 10.1. The van der Waals surface area contributed by atoms with Gasteiger partial charge in [-0.2, -0.15) is 5.10 Å². The lowest BCUT2D eigenvalue weighted by atomic mass is 10.1. The molecule has 0 atom stereocenters. The van der Waals surface area contributed by atoms with Crippen molar-refractivity contribution < 1.29 is 9.59 Å². The zero-order valence-corrected chi connectivity index (χ0v) is 18.8. The van der Waals surface area contributed by atoms with Crippen LogP contribution in [0.1, 0.15) is 39.2 Å². The minimum absolute atomic E-state index is 0.582. The number of amides is 2. The van der Waals surface area contributed by atoms with Crippen LogP contribution in [0.5, 0.6) is 0 Å². The van der Waals surface area contributed by atoms with E-state index >= 15 is 0 Å². The third-order valence-corrected chi connectivity index (χ3v) is 5.27. The molecule has 0 bridgehead atoms. The maximum atomic E-state index is 12.1. The molecule has 1 aromatic heterocycles. The third-order valence-electron chi connectivity index (χ3n) is 5.27. The van der Waals surface area contributed by atoms with Gasteiger partial charge in [0.05, 0.1) is 6.21 Å². The number of aryl methyl sites for hydroxylation is 5. The summed E-state index contributed by atoms with van der Waals surface area (Å²) >= 11 is 0. The van der Waals surface area contributed by atoms with E-state index in [1.165, 1.54) is 11.1 Å². The second kappa shape index (κ2) is 9.00. The number of benzene rings is 2. The van der Waals surface area contributed by atoms with Gasteiger partial charge in [-0.3, -0.25) is 9.59 Å². The van der Waals surface area contributed by atoms with Gasteiger partial charge in [0, 0.05) is 28.3 Å². The number of carbonyl (C=O) groups excluding carboxylic acids is 2. The second-order valence-corrected chi connectivity index (χ2v) is 7.96. The number of aromatic nitrogens is 1. The van der Waals surface area contributed by atoms with Crippen molar-refractivity contribution in [1.82, 2.24) is 9.99 Å².